The van der Waals surface area contributed by atoms with E-state index in [1.54, 1.807) is 25.5 Å². The molecule has 1 heterocycles. The van der Waals surface area contributed by atoms with Crippen LogP contribution in [0.25, 0.3) is 11.0 Å². The third kappa shape index (κ3) is 3.45. The van der Waals surface area contributed by atoms with Gasteiger partial charge in [0.15, 0.2) is 17.1 Å². The quantitative estimate of drug-likeness (QED) is 0.567. The number of carbonyl (C=O) groups is 1. The smallest absolute Gasteiger partial charge is 0.179 e. The first-order valence-corrected chi connectivity index (χ1v) is 8.62. The molecular formula is C22H24O4. The number of benzene rings is 2. The molecule has 0 radical (unpaired) electrons. The molecule has 0 spiro atoms. The van der Waals surface area contributed by atoms with E-state index in [-0.39, 0.29) is 11.2 Å². The Kier molecular flexibility index (Phi) is 4.77. The molecule has 0 unspecified atom stereocenters. The summed E-state index contributed by atoms with van der Waals surface area (Å²) in [7, 11) is 1.55. The van der Waals surface area contributed by atoms with Crippen LogP contribution in [0.3, 0.4) is 0 Å². The third-order valence-corrected chi connectivity index (χ3v) is 4.46. The number of carbonyl (C=O) groups excluding carboxylic acids is 1. The van der Waals surface area contributed by atoms with Crippen molar-refractivity contribution in [2.24, 2.45) is 0 Å². The molecule has 0 saturated carbocycles. The van der Waals surface area contributed by atoms with Gasteiger partial charge in [-0.25, -0.2) is 0 Å². The van der Waals surface area contributed by atoms with Gasteiger partial charge in [0.2, 0.25) is 0 Å². The molecule has 0 saturated heterocycles. The Bertz CT molecular complexity index is 927. The number of ether oxygens (including phenoxy) is 2. The second kappa shape index (κ2) is 6.87. The van der Waals surface area contributed by atoms with Crippen molar-refractivity contribution in [1.82, 2.24) is 0 Å². The van der Waals surface area contributed by atoms with Crippen LogP contribution >= 0.6 is 0 Å². The highest BCUT2D eigenvalue weighted by Gasteiger charge is 2.19. The number of ketones is 1. The molecular weight excluding hydrogens is 328 g/mol. The minimum absolute atomic E-state index is 0.0792. The lowest BCUT2D eigenvalue weighted by molar-refractivity contribution is 0.101. The Hall–Kier alpha value is -2.75. The summed E-state index contributed by atoms with van der Waals surface area (Å²) in [6.07, 6.45) is 1.57. The maximum Gasteiger partial charge on any atom is 0.179 e. The Labute approximate surface area is 153 Å². The van der Waals surface area contributed by atoms with E-state index in [1.165, 1.54) is 12.5 Å². The summed E-state index contributed by atoms with van der Waals surface area (Å²) in [5.74, 6) is 0.975. The number of hydrogen-bond donors (Lipinski definition) is 0. The SMILES string of the molecule is COc1cc(C(C)=O)c(OCc2ccc(C(C)(C)C)cc2)c2ccoc12. The molecule has 0 atom stereocenters. The van der Waals surface area contributed by atoms with Gasteiger partial charge in [-0.1, -0.05) is 45.0 Å². The third-order valence-electron chi connectivity index (χ3n) is 4.46. The first-order valence-electron chi connectivity index (χ1n) is 8.62. The maximum absolute atomic E-state index is 12.1. The average molecular weight is 352 g/mol. The molecule has 3 rings (SSSR count). The largest absolute Gasteiger partial charge is 0.493 e. The van der Waals surface area contributed by atoms with Crippen molar-refractivity contribution in [3.63, 3.8) is 0 Å². The van der Waals surface area contributed by atoms with Crippen LogP contribution in [-0.2, 0) is 12.0 Å². The summed E-state index contributed by atoms with van der Waals surface area (Å²) in [6, 6.07) is 11.8. The monoisotopic (exact) mass is 352 g/mol. The van der Waals surface area contributed by atoms with Crippen LogP contribution in [0.2, 0.25) is 0 Å². The van der Waals surface area contributed by atoms with Crippen LogP contribution in [0.15, 0.2) is 47.1 Å². The van der Waals surface area contributed by atoms with Crippen LogP contribution < -0.4 is 9.47 Å². The first kappa shape index (κ1) is 18.1. The molecule has 0 amide bonds. The van der Waals surface area contributed by atoms with Gasteiger partial charge in [0.25, 0.3) is 0 Å². The summed E-state index contributed by atoms with van der Waals surface area (Å²) >= 11 is 0. The van der Waals surface area contributed by atoms with Crippen molar-refractivity contribution in [2.75, 3.05) is 7.11 Å². The van der Waals surface area contributed by atoms with Crippen molar-refractivity contribution in [2.45, 2.75) is 39.7 Å². The molecule has 0 aliphatic heterocycles. The lowest BCUT2D eigenvalue weighted by Gasteiger charge is -2.19. The van der Waals surface area contributed by atoms with E-state index in [4.69, 9.17) is 13.9 Å². The molecule has 2 aromatic carbocycles. The van der Waals surface area contributed by atoms with Gasteiger partial charge in [-0.05, 0) is 35.6 Å². The fraction of sp³-hybridized carbons (Fsp3) is 0.318. The lowest BCUT2D eigenvalue weighted by Crippen LogP contribution is -2.11. The molecule has 0 bridgehead atoms. The zero-order valence-corrected chi connectivity index (χ0v) is 15.9. The highest BCUT2D eigenvalue weighted by atomic mass is 16.5. The van der Waals surface area contributed by atoms with Gasteiger partial charge in [0.05, 0.1) is 24.3 Å². The molecule has 4 nitrogen and oxygen atoms in total. The second-order valence-corrected chi connectivity index (χ2v) is 7.41. The van der Waals surface area contributed by atoms with Crippen LogP contribution in [0, 0.1) is 0 Å². The van der Waals surface area contributed by atoms with Gasteiger partial charge in [-0.2, -0.15) is 0 Å². The first-order chi connectivity index (χ1) is 12.3. The molecule has 26 heavy (non-hydrogen) atoms. The van der Waals surface area contributed by atoms with Gasteiger partial charge < -0.3 is 13.9 Å². The standard InChI is InChI=1S/C22H24O4/c1-14(23)18-12-19(24-5)21-17(10-11-25-21)20(18)26-13-15-6-8-16(9-7-15)22(2,3)4/h6-12H,13H2,1-5H3. The summed E-state index contributed by atoms with van der Waals surface area (Å²) in [5, 5.41) is 0.737. The fourth-order valence-electron chi connectivity index (χ4n) is 2.91. The van der Waals surface area contributed by atoms with Crippen molar-refractivity contribution >= 4 is 16.8 Å². The normalized spacial score (nSPS) is 11.6. The van der Waals surface area contributed by atoms with Gasteiger partial charge in [-0.3, -0.25) is 4.79 Å². The van der Waals surface area contributed by atoms with Gasteiger partial charge >= 0.3 is 0 Å². The zero-order chi connectivity index (χ0) is 18.9. The number of furan rings is 1. The van der Waals surface area contributed by atoms with Crippen LogP contribution in [0.5, 0.6) is 11.5 Å². The van der Waals surface area contributed by atoms with E-state index < -0.39 is 0 Å². The topological polar surface area (TPSA) is 48.7 Å². The molecule has 1 aromatic heterocycles. The molecule has 4 heteroatoms. The van der Waals surface area contributed by atoms with E-state index in [0.717, 1.165) is 10.9 Å². The summed E-state index contributed by atoms with van der Waals surface area (Å²) in [6.45, 7) is 8.45. The maximum atomic E-state index is 12.1. The Balaban J connectivity index is 1.92. The highest BCUT2D eigenvalue weighted by molar-refractivity contribution is 6.04. The number of fused-ring (bicyclic) bond motifs is 1. The highest BCUT2D eigenvalue weighted by Crippen LogP contribution is 2.38. The lowest BCUT2D eigenvalue weighted by atomic mass is 9.87. The van der Waals surface area contributed by atoms with E-state index in [2.05, 4.69) is 45.0 Å². The van der Waals surface area contributed by atoms with E-state index >= 15 is 0 Å². The van der Waals surface area contributed by atoms with Crippen LogP contribution in [0.1, 0.15) is 49.2 Å². The molecule has 0 aliphatic rings. The summed E-state index contributed by atoms with van der Waals surface area (Å²) < 4.78 is 16.9. The van der Waals surface area contributed by atoms with E-state index in [0.29, 0.717) is 29.3 Å². The van der Waals surface area contributed by atoms with Crippen molar-refractivity contribution < 1.29 is 18.7 Å². The number of Topliss-reactive ketones (excluding diaryl/α,β-unsaturated/α-hetero) is 1. The van der Waals surface area contributed by atoms with Crippen LogP contribution in [0.4, 0.5) is 0 Å². The van der Waals surface area contributed by atoms with E-state index in [1.807, 2.05) is 0 Å². The van der Waals surface area contributed by atoms with Crippen molar-refractivity contribution in [1.29, 1.82) is 0 Å². The minimum Gasteiger partial charge on any atom is -0.493 e. The molecule has 0 fully saturated rings. The second-order valence-electron chi connectivity index (χ2n) is 7.41. The summed E-state index contributed by atoms with van der Waals surface area (Å²) in [4.78, 5) is 12.1. The van der Waals surface area contributed by atoms with Crippen molar-refractivity contribution in [3.8, 4) is 11.5 Å². The molecule has 0 N–H and O–H groups in total. The van der Waals surface area contributed by atoms with Gasteiger partial charge in [0, 0.05) is 0 Å². The number of hydrogen-bond acceptors (Lipinski definition) is 4. The van der Waals surface area contributed by atoms with Gasteiger partial charge in [-0.15, -0.1) is 0 Å². The van der Waals surface area contributed by atoms with Gasteiger partial charge in [0.1, 0.15) is 12.4 Å². The Morgan fingerprint density at radius 3 is 2.38 bits per heavy atom. The zero-order valence-electron chi connectivity index (χ0n) is 15.9. The number of rotatable bonds is 5. The molecule has 0 aliphatic carbocycles. The molecule has 136 valence electrons. The number of methoxy groups -OCH3 is 1. The summed E-state index contributed by atoms with van der Waals surface area (Å²) in [5.41, 5.74) is 3.49. The average Bonchev–Trinajstić information content (AvgIpc) is 3.08. The Morgan fingerprint density at radius 2 is 1.81 bits per heavy atom. The fourth-order valence-corrected chi connectivity index (χ4v) is 2.91. The Morgan fingerprint density at radius 1 is 1.12 bits per heavy atom. The predicted octanol–water partition coefficient (Wildman–Crippen LogP) is 5.52. The molecule has 3 aromatic rings. The minimum atomic E-state index is -0.0792. The van der Waals surface area contributed by atoms with Crippen LogP contribution in [-0.4, -0.2) is 12.9 Å². The predicted molar refractivity (Wildman–Crippen MR) is 102 cm³/mol. The van der Waals surface area contributed by atoms with E-state index in [9.17, 15) is 4.79 Å². The van der Waals surface area contributed by atoms with Crippen molar-refractivity contribution in [3.05, 3.63) is 59.4 Å².